The van der Waals surface area contributed by atoms with Crippen molar-refractivity contribution in [2.45, 2.75) is 32.8 Å². The van der Waals surface area contributed by atoms with Crippen molar-refractivity contribution in [2.75, 3.05) is 20.1 Å². The Hall–Kier alpha value is -0.860. The maximum absolute atomic E-state index is 10.2. The lowest BCUT2D eigenvalue weighted by Crippen LogP contribution is -2.28. The van der Waals surface area contributed by atoms with E-state index in [9.17, 15) is 5.11 Å². The van der Waals surface area contributed by atoms with Gasteiger partial charge in [-0.2, -0.15) is 0 Å². The van der Waals surface area contributed by atoms with E-state index in [1.807, 2.05) is 30.3 Å². The van der Waals surface area contributed by atoms with E-state index in [1.165, 1.54) is 12.8 Å². The van der Waals surface area contributed by atoms with E-state index in [-0.39, 0.29) is 12.0 Å². The van der Waals surface area contributed by atoms with Crippen molar-refractivity contribution in [1.82, 2.24) is 4.90 Å². The third kappa shape index (κ3) is 4.88. The molecule has 2 atom stereocenters. The second-order valence-corrected chi connectivity index (χ2v) is 4.95. The van der Waals surface area contributed by atoms with Gasteiger partial charge < -0.3 is 10.0 Å². The Morgan fingerprint density at radius 3 is 2.47 bits per heavy atom. The zero-order valence-electron chi connectivity index (χ0n) is 11.3. The number of hydrogen-bond acceptors (Lipinski definition) is 2. The maximum Gasteiger partial charge on any atom is 0.0827 e. The molecule has 2 nitrogen and oxygen atoms in total. The molecule has 17 heavy (non-hydrogen) atoms. The zero-order valence-corrected chi connectivity index (χ0v) is 11.3. The van der Waals surface area contributed by atoms with Crippen LogP contribution in [0.1, 0.15) is 38.4 Å². The maximum atomic E-state index is 10.2. The van der Waals surface area contributed by atoms with Crippen LogP contribution in [0.25, 0.3) is 0 Å². The fraction of sp³-hybridized carbons (Fsp3) is 0.600. The summed E-state index contributed by atoms with van der Waals surface area (Å²) in [5.41, 5.74) is 1.02. The summed E-state index contributed by atoms with van der Waals surface area (Å²) in [6.07, 6.45) is 2.09. The molecule has 96 valence electrons. The van der Waals surface area contributed by atoms with Crippen LogP contribution in [0.3, 0.4) is 0 Å². The molecule has 0 saturated heterocycles. The van der Waals surface area contributed by atoms with Crippen molar-refractivity contribution >= 4 is 0 Å². The molecule has 1 aromatic carbocycles. The summed E-state index contributed by atoms with van der Waals surface area (Å²) in [6.45, 7) is 6.37. The van der Waals surface area contributed by atoms with E-state index in [4.69, 9.17) is 0 Å². The summed E-state index contributed by atoms with van der Waals surface area (Å²) in [7, 11) is 2.13. The highest BCUT2D eigenvalue weighted by Crippen LogP contribution is 2.21. The summed E-state index contributed by atoms with van der Waals surface area (Å²) in [4.78, 5) is 2.31. The molecule has 0 aliphatic carbocycles. The molecule has 1 aromatic rings. The molecule has 0 aromatic heterocycles. The lowest BCUT2D eigenvalue weighted by Gasteiger charge is -2.25. The number of aliphatic hydroxyl groups excluding tert-OH is 1. The van der Waals surface area contributed by atoms with Crippen LogP contribution in [-0.2, 0) is 0 Å². The van der Waals surface area contributed by atoms with Crippen molar-refractivity contribution in [3.63, 3.8) is 0 Å². The fourth-order valence-electron chi connectivity index (χ4n) is 2.09. The molecule has 0 aliphatic heterocycles. The Bertz CT molecular complexity index is 299. The lowest BCUT2D eigenvalue weighted by molar-refractivity contribution is 0.0946. The Kier molecular flexibility index (Phi) is 6.23. The van der Waals surface area contributed by atoms with Gasteiger partial charge in [-0.15, -0.1) is 0 Å². The summed E-state index contributed by atoms with van der Waals surface area (Å²) in [5.74, 6) is 0.263. The molecule has 0 aliphatic rings. The van der Waals surface area contributed by atoms with E-state index < -0.39 is 0 Å². The number of benzene rings is 1. The third-order valence-corrected chi connectivity index (χ3v) is 3.17. The molecule has 1 N–H and O–H groups in total. The minimum Gasteiger partial charge on any atom is -0.388 e. The molecular formula is C15H25NO. The number of aliphatic hydroxyl groups is 1. The first-order valence-corrected chi connectivity index (χ1v) is 6.56. The van der Waals surface area contributed by atoms with E-state index >= 15 is 0 Å². The summed E-state index contributed by atoms with van der Waals surface area (Å²) in [6, 6.07) is 9.92. The number of hydrogen-bond donors (Lipinski definition) is 1. The van der Waals surface area contributed by atoms with Crippen molar-refractivity contribution in [1.29, 1.82) is 0 Å². The monoisotopic (exact) mass is 235 g/mol. The molecule has 0 amide bonds. The van der Waals surface area contributed by atoms with Crippen LogP contribution in [-0.4, -0.2) is 30.1 Å². The number of rotatable bonds is 7. The number of nitrogens with zero attached hydrogens (tertiary/aromatic N) is 1. The Morgan fingerprint density at radius 1 is 1.24 bits per heavy atom. The normalized spacial score (nSPS) is 14.9. The van der Waals surface area contributed by atoms with Crippen molar-refractivity contribution in [3.8, 4) is 0 Å². The van der Waals surface area contributed by atoms with Crippen LogP contribution in [0.2, 0.25) is 0 Å². The molecule has 1 rings (SSSR count). The van der Waals surface area contributed by atoms with Crippen LogP contribution in [0.5, 0.6) is 0 Å². The number of unbranched alkanes of at least 4 members (excludes halogenated alkanes) is 1. The molecule has 2 unspecified atom stereocenters. The molecule has 0 fully saturated rings. The van der Waals surface area contributed by atoms with Gasteiger partial charge in [-0.25, -0.2) is 0 Å². The average molecular weight is 235 g/mol. The van der Waals surface area contributed by atoms with Crippen molar-refractivity contribution in [2.24, 2.45) is 5.92 Å². The van der Waals surface area contributed by atoms with E-state index in [2.05, 4.69) is 25.8 Å². The highest BCUT2D eigenvalue weighted by molar-refractivity contribution is 5.17. The Balaban J connectivity index is 2.44. The second-order valence-electron chi connectivity index (χ2n) is 4.95. The van der Waals surface area contributed by atoms with Crippen molar-refractivity contribution < 1.29 is 5.11 Å². The van der Waals surface area contributed by atoms with Gasteiger partial charge in [0.1, 0.15) is 0 Å². The van der Waals surface area contributed by atoms with Gasteiger partial charge in [0.2, 0.25) is 0 Å². The van der Waals surface area contributed by atoms with Gasteiger partial charge in [0.25, 0.3) is 0 Å². The molecule has 2 heteroatoms. The van der Waals surface area contributed by atoms with Gasteiger partial charge in [0, 0.05) is 6.54 Å². The fourth-order valence-corrected chi connectivity index (χ4v) is 2.09. The van der Waals surface area contributed by atoms with Crippen LogP contribution in [0.15, 0.2) is 30.3 Å². The summed E-state index contributed by atoms with van der Waals surface area (Å²) >= 11 is 0. The molecule has 0 spiro atoms. The lowest BCUT2D eigenvalue weighted by atomic mass is 9.97. The van der Waals surface area contributed by atoms with Gasteiger partial charge in [-0.1, -0.05) is 50.6 Å². The zero-order chi connectivity index (χ0) is 12.7. The predicted octanol–water partition coefficient (Wildman–Crippen LogP) is 3.09. The van der Waals surface area contributed by atoms with Crippen LogP contribution in [0, 0.1) is 5.92 Å². The second kappa shape index (κ2) is 7.46. The minimum atomic E-state index is -0.361. The SMILES string of the molecule is CCCCN(C)CC(C)C(O)c1ccccc1. The highest BCUT2D eigenvalue weighted by atomic mass is 16.3. The van der Waals surface area contributed by atoms with E-state index in [0.29, 0.717) is 0 Å². The summed E-state index contributed by atoms with van der Waals surface area (Å²) in [5, 5.41) is 10.2. The van der Waals surface area contributed by atoms with Gasteiger partial charge in [-0.05, 0) is 31.5 Å². The van der Waals surface area contributed by atoms with Crippen LogP contribution < -0.4 is 0 Å². The highest BCUT2D eigenvalue weighted by Gasteiger charge is 2.17. The summed E-state index contributed by atoms with van der Waals surface area (Å²) < 4.78 is 0. The quantitative estimate of drug-likeness (QED) is 0.785. The standard InChI is InChI=1S/C15H25NO/c1-4-5-11-16(3)12-13(2)15(17)14-9-7-6-8-10-14/h6-10,13,15,17H,4-5,11-12H2,1-3H3. The van der Waals surface area contributed by atoms with E-state index in [1.54, 1.807) is 0 Å². The Labute approximate surface area is 105 Å². The average Bonchev–Trinajstić information content (AvgIpc) is 2.36. The first-order chi connectivity index (χ1) is 8.15. The predicted molar refractivity (Wildman–Crippen MR) is 73.0 cm³/mol. The third-order valence-electron chi connectivity index (χ3n) is 3.17. The smallest absolute Gasteiger partial charge is 0.0827 e. The van der Waals surface area contributed by atoms with Gasteiger partial charge in [0.05, 0.1) is 6.10 Å². The molecular weight excluding hydrogens is 210 g/mol. The first-order valence-electron chi connectivity index (χ1n) is 6.56. The Morgan fingerprint density at radius 2 is 1.88 bits per heavy atom. The van der Waals surface area contributed by atoms with Crippen LogP contribution >= 0.6 is 0 Å². The van der Waals surface area contributed by atoms with Gasteiger partial charge in [0.15, 0.2) is 0 Å². The van der Waals surface area contributed by atoms with Crippen molar-refractivity contribution in [3.05, 3.63) is 35.9 Å². The van der Waals surface area contributed by atoms with Crippen LogP contribution in [0.4, 0.5) is 0 Å². The molecule has 0 radical (unpaired) electrons. The molecule has 0 bridgehead atoms. The molecule has 0 heterocycles. The topological polar surface area (TPSA) is 23.5 Å². The van der Waals surface area contributed by atoms with Gasteiger partial charge in [-0.3, -0.25) is 0 Å². The minimum absolute atomic E-state index is 0.263. The molecule has 0 saturated carbocycles. The first kappa shape index (κ1) is 14.2. The van der Waals surface area contributed by atoms with Gasteiger partial charge >= 0.3 is 0 Å². The van der Waals surface area contributed by atoms with E-state index in [0.717, 1.165) is 18.7 Å². The largest absolute Gasteiger partial charge is 0.388 e.